The quantitative estimate of drug-likeness (QED) is 0.834. The highest BCUT2D eigenvalue weighted by atomic mass is 32.2. The molecule has 4 nitrogen and oxygen atoms in total. The third-order valence-corrected chi connectivity index (χ3v) is 4.94. The third kappa shape index (κ3) is 3.83. The van der Waals surface area contributed by atoms with Crippen LogP contribution in [0, 0.1) is 6.92 Å². The molecular formula is C16H20N2O2S. The Labute approximate surface area is 126 Å². The van der Waals surface area contributed by atoms with Crippen LogP contribution in [0.5, 0.6) is 0 Å². The van der Waals surface area contributed by atoms with E-state index in [-0.39, 0.29) is 11.4 Å². The van der Waals surface area contributed by atoms with E-state index in [1.54, 1.807) is 19.1 Å². The molecule has 0 atom stereocenters. The van der Waals surface area contributed by atoms with Crippen LogP contribution in [-0.4, -0.2) is 8.42 Å². The van der Waals surface area contributed by atoms with Crippen molar-refractivity contribution in [3.63, 3.8) is 0 Å². The van der Waals surface area contributed by atoms with Crippen molar-refractivity contribution in [1.29, 1.82) is 0 Å². The Hall–Kier alpha value is -1.85. The van der Waals surface area contributed by atoms with Gasteiger partial charge < -0.3 is 5.73 Å². The standard InChI is InChI=1S/C16H20N2O2S/c1-3-13-5-7-14(8-6-13)11-18-21(19,20)16-10-15(17)9-4-12(16)2/h4-10,18H,3,11,17H2,1-2H3. The Balaban J connectivity index is 2.15. The highest BCUT2D eigenvalue weighted by molar-refractivity contribution is 7.89. The van der Waals surface area contributed by atoms with E-state index in [1.807, 2.05) is 24.3 Å². The minimum absolute atomic E-state index is 0.229. The lowest BCUT2D eigenvalue weighted by atomic mass is 10.1. The average Bonchev–Trinajstić information content (AvgIpc) is 2.48. The lowest BCUT2D eigenvalue weighted by Gasteiger charge is -2.10. The molecule has 3 N–H and O–H groups in total. The van der Waals surface area contributed by atoms with Gasteiger partial charge in [-0.15, -0.1) is 0 Å². The average molecular weight is 304 g/mol. The van der Waals surface area contributed by atoms with Gasteiger partial charge in [0.05, 0.1) is 4.90 Å². The van der Waals surface area contributed by atoms with Crippen molar-refractivity contribution in [3.05, 3.63) is 59.2 Å². The minimum Gasteiger partial charge on any atom is -0.399 e. The van der Waals surface area contributed by atoms with Crippen molar-refractivity contribution < 1.29 is 8.42 Å². The molecule has 0 spiro atoms. The summed E-state index contributed by atoms with van der Waals surface area (Å²) in [5, 5.41) is 0. The summed E-state index contributed by atoms with van der Waals surface area (Å²) in [6.07, 6.45) is 0.967. The summed E-state index contributed by atoms with van der Waals surface area (Å²) in [6.45, 7) is 4.10. The molecule has 0 saturated carbocycles. The normalized spacial score (nSPS) is 11.5. The minimum atomic E-state index is -3.56. The van der Waals surface area contributed by atoms with Gasteiger partial charge in [-0.25, -0.2) is 13.1 Å². The third-order valence-electron chi connectivity index (χ3n) is 3.40. The number of nitrogen functional groups attached to an aromatic ring is 1. The first-order chi connectivity index (χ1) is 9.92. The molecule has 112 valence electrons. The Morgan fingerprint density at radius 2 is 1.67 bits per heavy atom. The van der Waals surface area contributed by atoms with E-state index < -0.39 is 10.0 Å². The van der Waals surface area contributed by atoms with E-state index in [2.05, 4.69) is 11.6 Å². The zero-order valence-corrected chi connectivity index (χ0v) is 13.1. The fourth-order valence-corrected chi connectivity index (χ4v) is 3.35. The Bertz CT molecular complexity index is 722. The zero-order chi connectivity index (χ0) is 15.5. The van der Waals surface area contributed by atoms with Gasteiger partial charge in [0, 0.05) is 12.2 Å². The van der Waals surface area contributed by atoms with Crippen molar-refractivity contribution >= 4 is 15.7 Å². The van der Waals surface area contributed by atoms with Crippen molar-refractivity contribution in [1.82, 2.24) is 4.72 Å². The van der Waals surface area contributed by atoms with E-state index in [0.717, 1.165) is 12.0 Å². The SMILES string of the molecule is CCc1ccc(CNS(=O)(=O)c2cc(N)ccc2C)cc1. The lowest BCUT2D eigenvalue weighted by Crippen LogP contribution is -2.24. The van der Waals surface area contributed by atoms with Gasteiger partial charge in [0.25, 0.3) is 0 Å². The first kappa shape index (κ1) is 15.5. The summed E-state index contributed by atoms with van der Waals surface area (Å²) >= 11 is 0. The highest BCUT2D eigenvalue weighted by Crippen LogP contribution is 2.18. The molecular weight excluding hydrogens is 284 g/mol. The molecule has 0 saturated heterocycles. The predicted molar refractivity (Wildman–Crippen MR) is 85.4 cm³/mol. The van der Waals surface area contributed by atoms with E-state index in [4.69, 9.17) is 5.73 Å². The fourth-order valence-electron chi connectivity index (χ4n) is 2.06. The molecule has 0 aliphatic heterocycles. The topological polar surface area (TPSA) is 72.2 Å². The summed E-state index contributed by atoms with van der Waals surface area (Å²) in [7, 11) is -3.56. The largest absolute Gasteiger partial charge is 0.399 e. The van der Waals surface area contributed by atoms with Gasteiger partial charge in [-0.1, -0.05) is 37.3 Å². The first-order valence-corrected chi connectivity index (χ1v) is 8.34. The van der Waals surface area contributed by atoms with Crippen LogP contribution in [0.25, 0.3) is 0 Å². The first-order valence-electron chi connectivity index (χ1n) is 6.86. The molecule has 0 amide bonds. The van der Waals surface area contributed by atoms with Gasteiger partial charge in [0.2, 0.25) is 10.0 Å². The van der Waals surface area contributed by atoms with Crippen molar-refractivity contribution in [2.45, 2.75) is 31.7 Å². The van der Waals surface area contributed by atoms with Gasteiger partial charge >= 0.3 is 0 Å². The lowest BCUT2D eigenvalue weighted by molar-refractivity contribution is 0.580. The number of hydrogen-bond acceptors (Lipinski definition) is 3. The van der Waals surface area contributed by atoms with E-state index in [1.165, 1.54) is 11.6 Å². The van der Waals surface area contributed by atoms with Crippen LogP contribution < -0.4 is 10.5 Å². The maximum Gasteiger partial charge on any atom is 0.241 e. The van der Waals surface area contributed by atoms with E-state index >= 15 is 0 Å². The van der Waals surface area contributed by atoms with Gasteiger partial charge in [-0.05, 0) is 42.2 Å². The summed E-state index contributed by atoms with van der Waals surface area (Å²) < 4.78 is 27.3. The van der Waals surface area contributed by atoms with Crippen LogP contribution in [0.4, 0.5) is 5.69 Å². The molecule has 0 unspecified atom stereocenters. The van der Waals surface area contributed by atoms with Crippen LogP contribution in [0.1, 0.15) is 23.6 Å². The van der Waals surface area contributed by atoms with Crippen LogP contribution in [0.15, 0.2) is 47.4 Å². The van der Waals surface area contributed by atoms with Gasteiger partial charge in [0.1, 0.15) is 0 Å². The number of rotatable bonds is 5. The smallest absolute Gasteiger partial charge is 0.241 e. The van der Waals surface area contributed by atoms with Crippen LogP contribution >= 0.6 is 0 Å². The van der Waals surface area contributed by atoms with Gasteiger partial charge in [-0.2, -0.15) is 0 Å². The molecule has 0 bridgehead atoms. The number of nitrogens with one attached hydrogen (secondary N) is 1. The molecule has 5 heteroatoms. The molecule has 2 aromatic rings. The zero-order valence-electron chi connectivity index (χ0n) is 12.3. The summed E-state index contributed by atoms with van der Waals surface area (Å²) in [6, 6.07) is 12.8. The number of anilines is 1. The van der Waals surface area contributed by atoms with Crippen LogP contribution in [0.3, 0.4) is 0 Å². The summed E-state index contributed by atoms with van der Waals surface area (Å²) in [5.41, 5.74) is 8.95. The Kier molecular flexibility index (Phi) is 4.65. The Morgan fingerprint density at radius 1 is 1.05 bits per heavy atom. The van der Waals surface area contributed by atoms with Gasteiger partial charge in [0.15, 0.2) is 0 Å². The summed E-state index contributed by atoms with van der Waals surface area (Å²) in [4.78, 5) is 0.229. The maximum absolute atomic E-state index is 12.3. The predicted octanol–water partition coefficient (Wildman–Crippen LogP) is 2.62. The van der Waals surface area contributed by atoms with E-state index in [0.29, 0.717) is 11.3 Å². The molecule has 0 fully saturated rings. The Morgan fingerprint density at radius 3 is 2.29 bits per heavy atom. The molecule has 0 aliphatic carbocycles. The second-order valence-electron chi connectivity index (χ2n) is 5.02. The highest BCUT2D eigenvalue weighted by Gasteiger charge is 2.16. The van der Waals surface area contributed by atoms with Crippen LogP contribution in [0.2, 0.25) is 0 Å². The fraction of sp³-hybridized carbons (Fsp3) is 0.250. The molecule has 0 aromatic heterocycles. The number of aryl methyl sites for hydroxylation is 2. The monoisotopic (exact) mass is 304 g/mol. The van der Waals surface area contributed by atoms with Crippen LogP contribution in [-0.2, 0) is 23.0 Å². The second-order valence-corrected chi connectivity index (χ2v) is 6.75. The molecule has 0 radical (unpaired) electrons. The number of benzene rings is 2. The van der Waals surface area contributed by atoms with Crippen molar-refractivity contribution in [2.75, 3.05) is 5.73 Å². The van der Waals surface area contributed by atoms with E-state index in [9.17, 15) is 8.42 Å². The molecule has 2 rings (SSSR count). The maximum atomic E-state index is 12.3. The number of nitrogens with two attached hydrogens (primary N) is 1. The van der Waals surface area contributed by atoms with Gasteiger partial charge in [-0.3, -0.25) is 0 Å². The molecule has 2 aromatic carbocycles. The van der Waals surface area contributed by atoms with Crippen molar-refractivity contribution in [2.24, 2.45) is 0 Å². The number of sulfonamides is 1. The second kappa shape index (κ2) is 6.28. The summed E-state index contributed by atoms with van der Waals surface area (Å²) in [5.74, 6) is 0. The molecule has 21 heavy (non-hydrogen) atoms. The molecule has 0 heterocycles. The van der Waals surface area contributed by atoms with Crippen molar-refractivity contribution in [3.8, 4) is 0 Å². The molecule has 0 aliphatic rings. The number of hydrogen-bond donors (Lipinski definition) is 2.